The maximum Gasteiger partial charge on any atom is 0.256 e. The van der Waals surface area contributed by atoms with Gasteiger partial charge in [0.25, 0.3) is 5.91 Å². The summed E-state index contributed by atoms with van der Waals surface area (Å²) in [5.41, 5.74) is 0.877. The smallest absolute Gasteiger partial charge is 0.256 e. The lowest BCUT2D eigenvalue weighted by Gasteiger charge is -2.35. The molecule has 0 radical (unpaired) electrons. The van der Waals surface area contributed by atoms with Crippen LogP contribution in [0.3, 0.4) is 0 Å². The van der Waals surface area contributed by atoms with Gasteiger partial charge in [-0.15, -0.1) is 0 Å². The first-order valence-electron chi connectivity index (χ1n) is 7.27. The van der Waals surface area contributed by atoms with Crippen LogP contribution in [-0.2, 0) is 4.79 Å². The van der Waals surface area contributed by atoms with Gasteiger partial charge in [-0.3, -0.25) is 9.59 Å². The van der Waals surface area contributed by atoms with Crippen LogP contribution in [0.2, 0.25) is 15.1 Å². The highest BCUT2D eigenvalue weighted by Gasteiger charge is 2.36. The van der Waals surface area contributed by atoms with Crippen LogP contribution in [-0.4, -0.2) is 29.8 Å². The number of rotatable bonds is 2. The number of carbonyl (C=O) groups excluding carboxylic acids is 2. The second-order valence-electron chi connectivity index (χ2n) is 5.34. The Morgan fingerprint density at radius 1 is 1.08 bits per heavy atom. The van der Waals surface area contributed by atoms with Crippen LogP contribution in [0.1, 0.15) is 22.0 Å². The standard InChI is InChI=1S/C17H13Cl3N2O2/c18-10-5-6-12(14(20)9-10)17(24)22-8-7-21-16(23)15(22)11-3-1-2-4-13(11)19/h1-6,9,15H,7-8H2,(H,21,23). The van der Waals surface area contributed by atoms with E-state index < -0.39 is 6.04 Å². The summed E-state index contributed by atoms with van der Waals surface area (Å²) in [7, 11) is 0. The fourth-order valence-electron chi connectivity index (χ4n) is 2.71. The van der Waals surface area contributed by atoms with Crippen molar-refractivity contribution >= 4 is 46.6 Å². The van der Waals surface area contributed by atoms with E-state index in [1.807, 2.05) is 0 Å². The Kier molecular flexibility index (Phi) is 4.99. The van der Waals surface area contributed by atoms with Crippen molar-refractivity contribution in [2.24, 2.45) is 0 Å². The Hall–Kier alpha value is -1.75. The van der Waals surface area contributed by atoms with E-state index in [1.54, 1.807) is 36.4 Å². The minimum Gasteiger partial charge on any atom is -0.352 e. The summed E-state index contributed by atoms with van der Waals surface area (Å²) < 4.78 is 0. The number of hydrogen-bond donors (Lipinski definition) is 1. The van der Waals surface area contributed by atoms with Gasteiger partial charge in [0, 0.05) is 28.7 Å². The summed E-state index contributed by atoms with van der Waals surface area (Å²) in [5, 5.41) is 3.89. The van der Waals surface area contributed by atoms with Gasteiger partial charge in [0.15, 0.2) is 0 Å². The molecule has 0 spiro atoms. The van der Waals surface area contributed by atoms with Crippen molar-refractivity contribution in [1.82, 2.24) is 10.2 Å². The van der Waals surface area contributed by atoms with Gasteiger partial charge in [0.05, 0.1) is 10.6 Å². The Labute approximate surface area is 154 Å². The molecule has 2 amide bonds. The number of piperazine rings is 1. The summed E-state index contributed by atoms with van der Waals surface area (Å²) in [6.07, 6.45) is 0. The maximum absolute atomic E-state index is 12.9. The fraction of sp³-hybridized carbons (Fsp3) is 0.176. The average molecular weight is 384 g/mol. The fourth-order valence-corrected chi connectivity index (χ4v) is 3.44. The van der Waals surface area contributed by atoms with E-state index >= 15 is 0 Å². The number of hydrogen-bond acceptors (Lipinski definition) is 2. The molecule has 0 aromatic heterocycles. The quantitative estimate of drug-likeness (QED) is 0.853. The third kappa shape index (κ3) is 3.22. The number of nitrogens with zero attached hydrogens (tertiary/aromatic N) is 1. The monoisotopic (exact) mass is 382 g/mol. The Balaban J connectivity index is 2.02. The van der Waals surface area contributed by atoms with Crippen LogP contribution in [0.25, 0.3) is 0 Å². The number of benzene rings is 2. The van der Waals surface area contributed by atoms with Gasteiger partial charge in [-0.2, -0.15) is 0 Å². The molecule has 4 nitrogen and oxygen atoms in total. The highest BCUT2D eigenvalue weighted by Crippen LogP contribution is 2.32. The largest absolute Gasteiger partial charge is 0.352 e. The first-order chi connectivity index (χ1) is 11.5. The van der Waals surface area contributed by atoms with Crippen LogP contribution >= 0.6 is 34.8 Å². The van der Waals surface area contributed by atoms with Gasteiger partial charge < -0.3 is 10.2 Å². The van der Waals surface area contributed by atoms with E-state index in [4.69, 9.17) is 34.8 Å². The predicted molar refractivity (Wildman–Crippen MR) is 94.7 cm³/mol. The van der Waals surface area contributed by atoms with Crippen LogP contribution in [0.15, 0.2) is 42.5 Å². The average Bonchev–Trinajstić information content (AvgIpc) is 2.55. The molecule has 1 fully saturated rings. The molecule has 1 unspecified atom stereocenters. The lowest BCUT2D eigenvalue weighted by atomic mass is 10.0. The zero-order valence-electron chi connectivity index (χ0n) is 12.4. The molecule has 1 atom stereocenters. The highest BCUT2D eigenvalue weighted by atomic mass is 35.5. The lowest BCUT2D eigenvalue weighted by molar-refractivity contribution is -0.128. The van der Waals surface area contributed by atoms with E-state index in [1.165, 1.54) is 11.0 Å². The van der Waals surface area contributed by atoms with Gasteiger partial charge in [-0.25, -0.2) is 0 Å². The summed E-state index contributed by atoms with van der Waals surface area (Å²) in [4.78, 5) is 26.8. The molecule has 0 bridgehead atoms. The molecular weight excluding hydrogens is 371 g/mol. The van der Waals surface area contributed by atoms with E-state index in [0.717, 1.165) is 0 Å². The zero-order valence-corrected chi connectivity index (χ0v) is 14.7. The molecule has 2 aromatic rings. The van der Waals surface area contributed by atoms with E-state index in [0.29, 0.717) is 34.3 Å². The van der Waals surface area contributed by atoms with Gasteiger partial charge in [-0.05, 0) is 24.3 Å². The number of carbonyl (C=O) groups is 2. The number of halogens is 3. The number of amides is 2. The molecule has 24 heavy (non-hydrogen) atoms. The second-order valence-corrected chi connectivity index (χ2v) is 6.59. The van der Waals surface area contributed by atoms with Gasteiger partial charge >= 0.3 is 0 Å². The molecule has 1 saturated heterocycles. The zero-order chi connectivity index (χ0) is 17.3. The van der Waals surface area contributed by atoms with Crippen molar-refractivity contribution in [1.29, 1.82) is 0 Å². The van der Waals surface area contributed by atoms with E-state index in [9.17, 15) is 9.59 Å². The van der Waals surface area contributed by atoms with Crippen molar-refractivity contribution in [3.63, 3.8) is 0 Å². The Bertz CT molecular complexity index is 810. The first kappa shape index (κ1) is 17.1. The predicted octanol–water partition coefficient (Wildman–Crippen LogP) is 3.96. The lowest BCUT2D eigenvalue weighted by Crippen LogP contribution is -2.52. The topological polar surface area (TPSA) is 49.4 Å². The normalized spacial score (nSPS) is 17.5. The summed E-state index contributed by atoms with van der Waals surface area (Å²) >= 11 is 18.3. The highest BCUT2D eigenvalue weighted by molar-refractivity contribution is 6.36. The van der Waals surface area contributed by atoms with Crippen LogP contribution in [0.4, 0.5) is 0 Å². The minimum atomic E-state index is -0.799. The van der Waals surface area contributed by atoms with Crippen molar-refractivity contribution in [2.45, 2.75) is 6.04 Å². The Morgan fingerprint density at radius 2 is 1.83 bits per heavy atom. The summed E-state index contributed by atoms with van der Waals surface area (Å²) in [6, 6.07) is 10.8. The van der Waals surface area contributed by atoms with Crippen molar-refractivity contribution < 1.29 is 9.59 Å². The summed E-state index contributed by atoms with van der Waals surface area (Å²) in [5.74, 6) is -0.607. The molecule has 3 rings (SSSR count). The first-order valence-corrected chi connectivity index (χ1v) is 8.40. The third-order valence-corrected chi connectivity index (χ3v) is 4.73. The molecule has 1 aliphatic rings. The van der Waals surface area contributed by atoms with Gasteiger partial charge in [-0.1, -0.05) is 53.0 Å². The maximum atomic E-state index is 12.9. The van der Waals surface area contributed by atoms with Crippen molar-refractivity contribution in [2.75, 3.05) is 13.1 Å². The molecule has 1 heterocycles. The molecule has 0 saturated carbocycles. The Morgan fingerprint density at radius 3 is 2.54 bits per heavy atom. The third-order valence-electron chi connectivity index (χ3n) is 3.83. The molecule has 7 heteroatoms. The molecule has 124 valence electrons. The minimum absolute atomic E-state index is 0.247. The molecule has 1 N–H and O–H groups in total. The summed E-state index contributed by atoms with van der Waals surface area (Å²) in [6.45, 7) is 0.732. The van der Waals surface area contributed by atoms with Gasteiger partial charge in [0.1, 0.15) is 6.04 Å². The van der Waals surface area contributed by atoms with Crippen LogP contribution in [0.5, 0.6) is 0 Å². The second kappa shape index (κ2) is 7.01. The molecule has 0 aliphatic carbocycles. The van der Waals surface area contributed by atoms with Gasteiger partial charge in [0.2, 0.25) is 5.91 Å². The molecule has 2 aromatic carbocycles. The van der Waals surface area contributed by atoms with Crippen molar-refractivity contribution in [3.8, 4) is 0 Å². The van der Waals surface area contributed by atoms with Crippen molar-refractivity contribution in [3.05, 3.63) is 68.7 Å². The van der Waals surface area contributed by atoms with Crippen LogP contribution < -0.4 is 5.32 Å². The molecular formula is C17H13Cl3N2O2. The number of nitrogens with one attached hydrogen (secondary N) is 1. The van der Waals surface area contributed by atoms with E-state index in [2.05, 4.69) is 5.32 Å². The van der Waals surface area contributed by atoms with Crippen LogP contribution in [0, 0.1) is 0 Å². The SMILES string of the molecule is O=C1NCCN(C(=O)c2ccc(Cl)cc2Cl)C1c1ccccc1Cl. The molecule has 1 aliphatic heterocycles. The van der Waals surface area contributed by atoms with E-state index in [-0.39, 0.29) is 16.8 Å².